The maximum atomic E-state index is 5.64. The van der Waals surface area contributed by atoms with Crippen molar-refractivity contribution in [2.45, 2.75) is 131 Å². The molecule has 12 aromatic rings. The van der Waals surface area contributed by atoms with Crippen LogP contribution in [0.3, 0.4) is 0 Å². The van der Waals surface area contributed by atoms with Crippen LogP contribution in [0.1, 0.15) is 126 Å². The van der Waals surface area contributed by atoms with E-state index in [0.717, 1.165) is 167 Å². The third-order valence-corrected chi connectivity index (χ3v) is 17.5. The molecule has 12 aromatic heterocycles. The number of fused-ring (bicyclic) bond motifs is 4. The molecule has 16 heterocycles. The number of rotatable bonds is 20. The number of H-pyrrole nitrogens is 4. The zero-order valence-corrected chi connectivity index (χ0v) is 57.8. The van der Waals surface area contributed by atoms with Crippen LogP contribution in [0.5, 0.6) is 23.5 Å². The molecule has 16 rings (SSSR count). The minimum atomic E-state index is 0.286. The van der Waals surface area contributed by atoms with Crippen LogP contribution in [0.25, 0.3) is 44.1 Å². The number of nitrogens with one attached hydrogen (secondary N) is 8. The molecule has 4 aliphatic rings. The van der Waals surface area contributed by atoms with Gasteiger partial charge in [0.05, 0.1) is 156 Å². The Morgan fingerprint density at radius 3 is 0.970 bits per heavy atom. The third-order valence-electron chi connectivity index (χ3n) is 17.5. The van der Waals surface area contributed by atoms with Crippen molar-refractivity contribution in [2.75, 3.05) is 101 Å². The molecule has 32 heteroatoms. The second kappa shape index (κ2) is 32.0. The number of nitrogens with zero attached hydrogens (tertiary/aromatic N) is 16. The molecule has 0 radical (unpaired) electrons. The van der Waals surface area contributed by atoms with Crippen molar-refractivity contribution in [2.24, 2.45) is 0 Å². The minimum Gasteiger partial charge on any atom is -0.477 e. The Labute approximate surface area is 576 Å². The van der Waals surface area contributed by atoms with Crippen LogP contribution in [0.15, 0.2) is 73.8 Å². The second-order valence-electron chi connectivity index (χ2n) is 24.5. The van der Waals surface area contributed by atoms with Crippen molar-refractivity contribution in [1.29, 1.82) is 0 Å². The molecule has 4 atom stereocenters. The Morgan fingerprint density at radius 1 is 0.400 bits per heavy atom. The Kier molecular flexibility index (Phi) is 21.8. The molecule has 100 heavy (non-hydrogen) atoms. The van der Waals surface area contributed by atoms with Gasteiger partial charge in [0.2, 0.25) is 47.3 Å². The molecule has 32 nitrogen and oxygen atoms in total. The zero-order chi connectivity index (χ0) is 68.9. The highest BCUT2D eigenvalue weighted by atomic mass is 16.5. The molecule has 0 aliphatic carbocycles. The minimum absolute atomic E-state index is 0.286. The van der Waals surface area contributed by atoms with Gasteiger partial charge in [0.15, 0.2) is 0 Å². The Hall–Kier alpha value is -10.4. The lowest BCUT2D eigenvalue weighted by Crippen LogP contribution is -2.23. The van der Waals surface area contributed by atoms with E-state index < -0.39 is 0 Å². The Morgan fingerprint density at radius 2 is 0.690 bits per heavy atom. The first-order valence-corrected chi connectivity index (χ1v) is 34.5. The highest BCUT2D eigenvalue weighted by Crippen LogP contribution is 2.34. The van der Waals surface area contributed by atoms with E-state index >= 15 is 0 Å². The molecule has 0 saturated carbocycles. The number of anilines is 8. The summed E-state index contributed by atoms with van der Waals surface area (Å²) >= 11 is 0. The quantitative estimate of drug-likeness (QED) is 0.0351. The summed E-state index contributed by atoms with van der Waals surface area (Å²) in [6.07, 6.45) is 23.5. The molecule has 0 amide bonds. The molecule has 528 valence electrons. The van der Waals surface area contributed by atoms with Gasteiger partial charge in [0, 0.05) is 63.6 Å². The van der Waals surface area contributed by atoms with Crippen LogP contribution in [-0.4, -0.2) is 178 Å². The highest BCUT2D eigenvalue weighted by molar-refractivity contribution is 5.85. The van der Waals surface area contributed by atoms with E-state index in [1.165, 1.54) is 0 Å². The monoisotopic (exact) mass is 1370 g/mol. The van der Waals surface area contributed by atoms with Crippen LogP contribution in [0.2, 0.25) is 0 Å². The van der Waals surface area contributed by atoms with E-state index in [1.54, 1.807) is 0 Å². The van der Waals surface area contributed by atoms with Crippen molar-refractivity contribution >= 4 is 90.7 Å². The number of aryl methyl sites for hydroxylation is 2. The zero-order valence-electron chi connectivity index (χ0n) is 57.8. The maximum Gasteiger partial charge on any atom is 0.232 e. The van der Waals surface area contributed by atoms with Crippen LogP contribution in [0.4, 0.5) is 46.5 Å². The lowest BCUT2D eigenvalue weighted by Gasteiger charge is -2.23. The maximum absolute atomic E-state index is 5.64. The fourth-order valence-electron chi connectivity index (χ4n) is 12.5. The largest absolute Gasteiger partial charge is 0.477 e. The number of aromatic nitrogens is 20. The van der Waals surface area contributed by atoms with Crippen molar-refractivity contribution in [3.05, 3.63) is 96.6 Å². The molecule has 8 N–H and O–H groups in total. The van der Waals surface area contributed by atoms with Crippen molar-refractivity contribution < 1.29 is 37.9 Å². The van der Waals surface area contributed by atoms with Crippen LogP contribution in [-0.2, 0) is 18.9 Å². The molecular formula is C68H88N24O8. The standard InChI is InChI=1S/4C17H22N6O2/c2*1-3-25-16-13-6-7-18-15(13)20-17(21-16)19-14-9-23(22-11(14)2)12-5-4-8-24-10-12;2*1-3-25-16-13-6-7-18-15(13)21-17(22-16)20-14-9-19-23(11(14)2)12-5-4-8-24-10-12/h2*6-7,9,12H,3-5,8,10H2,1-2H3,(H2,18,19,20,21);2*6-7,9,12H,3-5,8,10H2,1-2H3,(H2,18,20,21,22). The smallest absolute Gasteiger partial charge is 0.232 e. The Balaban J connectivity index is 0.000000119. The predicted molar refractivity (Wildman–Crippen MR) is 378 cm³/mol. The van der Waals surface area contributed by atoms with Crippen LogP contribution < -0.4 is 40.2 Å². The molecule has 4 unspecified atom stereocenters. The fourth-order valence-corrected chi connectivity index (χ4v) is 12.5. The van der Waals surface area contributed by atoms with E-state index in [2.05, 4.69) is 101 Å². The normalized spacial score (nSPS) is 17.8. The van der Waals surface area contributed by atoms with E-state index in [4.69, 9.17) is 37.9 Å². The van der Waals surface area contributed by atoms with E-state index in [9.17, 15) is 0 Å². The van der Waals surface area contributed by atoms with Gasteiger partial charge in [-0.05, 0) is 131 Å². The molecule has 4 aliphatic heterocycles. The third kappa shape index (κ3) is 15.8. The molecule has 4 fully saturated rings. The van der Waals surface area contributed by atoms with E-state index in [0.29, 0.717) is 100 Å². The summed E-state index contributed by atoms with van der Waals surface area (Å²) in [5.41, 5.74) is 10.4. The molecule has 4 saturated heterocycles. The van der Waals surface area contributed by atoms with Gasteiger partial charge in [-0.15, -0.1) is 0 Å². The summed E-state index contributed by atoms with van der Waals surface area (Å²) in [7, 11) is 0. The van der Waals surface area contributed by atoms with Crippen molar-refractivity contribution in [1.82, 2.24) is 98.9 Å². The van der Waals surface area contributed by atoms with Crippen molar-refractivity contribution in [3.8, 4) is 23.5 Å². The summed E-state index contributed by atoms with van der Waals surface area (Å²) in [5, 5.41) is 34.9. The van der Waals surface area contributed by atoms with E-state index in [-0.39, 0.29) is 24.2 Å². The van der Waals surface area contributed by atoms with Gasteiger partial charge in [-0.1, -0.05) is 0 Å². The lowest BCUT2D eigenvalue weighted by molar-refractivity contribution is 0.0542. The average Bonchev–Trinajstić information content (AvgIpc) is 1.53. The van der Waals surface area contributed by atoms with Gasteiger partial charge in [-0.25, -0.2) is 0 Å². The summed E-state index contributed by atoms with van der Waals surface area (Å²) in [6.45, 7) is 24.2. The molecule has 0 spiro atoms. The molecule has 0 aromatic carbocycles. The number of hydrogen-bond donors (Lipinski definition) is 8. The highest BCUT2D eigenvalue weighted by Gasteiger charge is 2.25. The van der Waals surface area contributed by atoms with Gasteiger partial charge in [-0.3, -0.25) is 18.7 Å². The van der Waals surface area contributed by atoms with Gasteiger partial charge < -0.3 is 79.1 Å². The van der Waals surface area contributed by atoms with Crippen LogP contribution >= 0.6 is 0 Å². The first kappa shape index (κ1) is 68.1. The van der Waals surface area contributed by atoms with Gasteiger partial charge in [-0.2, -0.15) is 60.3 Å². The fraction of sp³-hybridized carbons (Fsp3) is 0.471. The summed E-state index contributed by atoms with van der Waals surface area (Å²) in [5.74, 6) is 4.23. The Bertz CT molecular complexity index is 4160. The van der Waals surface area contributed by atoms with Crippen molar-refractivity contribution in [3.63, 3.8) is 0 Å². The van der Waals surface area contributed by atoms with Gasteiger partial charge >= 0.3 is 0 Å². The van der Waals surface area contributed by atoms with Crippen LogP contribution in [0, 0.1) is 27.7 Å². The first-order chi connectivity index (χ1) is 49.0. The summed E-state index contributed by atoms with van der Waals surface area (Å²) in [6, 6.07) is 8.80. The van der Waals surface area contributed by atoms with Gasteiger partial charge in [0.25, 0.3) is 0 Å². The molecular weight excluding hydrogens is 1280 g/mol. The first-order valence-electron chi connectivity index (χ1n) is 34.5. The summed E-state index contributed by atoms with van der Waals surface area (Å²) < 4.78 is 52.8. The van der Waals surface area contributed by atoms with E-state index in [1.807, 2.05) is 148 Å². The number of hydrogen-bond acceptors (Lipinski definition) is 24. The lowest BCUT2D eigenvalue weighted by atomic mass is 10.1. The predicted octanol–water partition coefficient (Wildman–Crippen LogP) is 11.8. The van der Waals surface area contributed by atoms with Gasteiger partial charge in [0.1, 0.15) is 22.6 Å². The molecule has 0 bridgehead atoms. The number of aromatic amines is 4. The average molecular weight is 1370 g/mol. The number of ether oxygens (including phenoxy) is 8. The second-order valence-corrected chi connectivity index (χ2v) is 24.5. The SMILES string of the molecule is CCOc1nc(Nc2cn(C3CCCOC3)nc2C)nc2[nH]ccc12.CCOc1nc(Nc2cn(C3CCCOC3)nc2C)nc2[nH]ccc12.CCOc1nc(Nc2cnn(C3CCCOC3)c2C)nc2[nH]ccc12.CCOc1nc(Nc2cnn(C3CCCOC3)c2C)nc2[nH]ccc12. The summed E-state index contributed by atoms with van der Waals surface area (Å²) in [4.78, 5) is 48.5. The topological polar surface area (TPSA) is 360 Å².